The number of nitrogens with one attached hydrogen (secondary N) is 3. The van der Waals surface area contributed by atoms with E-state index in [9.17, 15) is 14.4 Å². The van der Waals surface area contributed by atoms with Crippen molar-refractivity contribution in [3.8, 4) is 22.6 Å². The average Bonchev–Trinajstić information content (AvgIpc) is 3.80. The van der Waals surface area contributed by atoms with E-state index in [1.807, 2.05) is 44.2 Å². The van der Waals surface area contributed by atoms with Crippen LogP contribution in [0.25, 0.3) is 11.1 Å². The van der Waals surface area contributed by atoms with E-state index in [0.717, 1.165) is 16.7 Å². The number of methoxy groups -OCH3 is 2. The van der Waals surface area contributed by atoms with Gasteiger partial charge in [-0.2, -0.15) is 0 Å². The molecule has 1 aliphatic carbocycles. The van der Waals surface area contributed by atoms with E-state index in [-0.39, 0.29) is 17.7 Å². The Morgan fingerprint density at radius 1 is 1.00 bits per heavy atom. The SMILES string of the molecule is COc1cc2cc(c1OC)-c1cncc(c1)C(=O)NC1(CC1)C(=O)N[C@H](CC(C)C)C(=O)NCCN(Cc1ccccc1)C2. The molecule has 1 atom stereocenters. The van der Waals surface area contributed by atoms with Crippen molar-refractivity contribution in [3.05, 3.63) is 77.6 Å². The van der Waals surface area contributed by atoms with Crippen LogP contribution in [-0.2, 0) is 22.7 Å². The van der Waals surface area contributed by atoms with Gasteiger partial charge in [0.25, 0.3) is 5.91 Å². The zero-order valence-corrected chi connectivity index (χ0v) is 25.8. The Labute approximate surface area is 258 Å². The second-order valence-corrected chi connectivity index (χ2v) is 12.0. The number of ether oxygens (including phenoxy) is 2. The quantitative estimate of drug-likeness (QED) is 0.395. The number of rotatable bonds is 6. The number of fused-ring (bicyclic) bond motifs is 5. The smallest absolute Gasteiger partial charge is 0.253 e. The molecule has 1 saturated carbocycles. The maximum atomic E-state index is 13.5. The molecule has 5 rings (SSSR count). The number of benzene rings is 2. The fourth-order valence-electron chi connectivity index (χ4n) is 5.64. The molecule has 0 radical (unpaired) electrons. The van der Waals surface area contributed by atoms with Gasteiger partial charge in [0, 0.05) is 49.7 Å². The van der Waals surface area contributed by atoms with Crippen LogP contribution in [0.2, 0.25) is 0 Å². The van der Waals surface area contributed by atoms with E-state index < -0.39 is 17.5 Å². The first-order valence-electron chi connectivity index (χ1n) is 15.1. The summed E-state index contributed by atoms with van der Waals surface area (Å²) in [7, 11) is 3.17. The number of amides is 3. The van der Waals surface area contributed by atoms with Gasteiger partial charge in [0.15, 0.2) is 11.5 Å². The molecule has 0 unspecified atom stereocenters. The summed E-state index contributed by atoms with van der Waals surface area (Å²) in [6, 6.07) is 15.2. The third-order valence-electron chi connectivity index (χ3n) is 8.10. The molecule has 1 aromatic heterocycles. The highest BCUT2D eigenvalue weighted by Crippen LogP contribution is 2.40. The van der Waals surface area contributed by atoms with E-state index in [4.69, 9.17) is 9.47 Å². The highest BCUT2D eigenvalue weighted by atomic mass is 16.5. The second kappa shape index (κ2) is 13.5. The monoisotopic (exact) mass is 599 g/mol. The minimum atomic E-state index is -1.05. The van der Waals surface area contributed by atoms with Crippen LogP contribution >= 0.6 is 0 Å². The Kier molecular flexibility index (Phi) is 9.49. The van der Waals surface area contributed by atoms with Gasteiger partial charge in [-0.25, -0.2) is 0 Å². The van der Waals surface area contributed by atoms with Gasteiger partial charge < -0.3 is 25.4 Å². The van der Waals surface area contributed by atoms with Crippen molar-refractivity contribution in [2.75, 3.05) is 27.3 Å². The predicted molar refractivity (Wildman–Crippen MR) is 167 cm³/mol. The number of nitrogens with zero attached hydrogens (tertiary/aromatic N) is 2. The van der Waals surface area contributed by atoms with Crippen LogP contribution in [0.5, 0.6) is 11.5 Å². The van der Waals surface area contributed by atoms with Gasteiger partial charge in [0.05, 0.1) is 19.8 Å². The van der Waals surface area contributed by atoms with E-state index in [0.29, 0.717) is 68.1 Å². The molecule has 2 aliphatic rings. The van der Waals surface area contributed by atoms with Crippen molar-refractivity contribution in [3.63, 3.8) is 0 Å². The van der Waals surface area contributed by atoms with Crippen LogP contribution in [0, 0.1) is 5.92 Å². The largest absolute Gasteiger partial charge is 0.493 e. The van der Waals surface area contributed by atoms with Gasteiger partial charge in [0.2, 0.25) is 11.8 Å². The summed E-state index contributed by atoms with van der Waals surface area (Å²) in [5.41, 5.74) is 2.79. The zero-order chi connectivity index (χ0) is 31.3. The summed E-state index contributed by atoms with van der Waals surface area (Å²) in [6.07, 6.45) is 4.64. The maximum absolute atomic E-state index is 13.5. The Balaban J connectivity index is 1.56. The maximum Gasteiger partial charge on any atom is 0.253 e. The molecule has 0 saturated heterocycles. The molecule has 232 valence electrons. The molecule has 10 heteroatoms. The predicted octanol–water partition coefficient (Wildman–Crippen LogP) is 3.69. The van der Waals surface area contributed by atoms with Crippen molar-refractivity contribution in [2.24, 2.45) is 5.92 Å². The van der Waals surface area contributed by atoms with Gasteiger partial charge in [-0.1, -0.05) is 44.2 Å². The molecule has 2 heterocycles. The highest BCUT2D eigenvalue weighted by molar-refractivity contribution is 6.02. The van der Waals surface area contributed by atoms with Crippen LogP contribution in [0.3, 0.4) is 0 Å². The van der Waals surface area contributed by atoms with Crippen LogP contribution in [-0.4, -0.2) is 66.5 Å². The van der Waals surface area contributed by atoms with Crippen molar-refractivity contribution in [2.45, 2.75) is 57.8 Å². The van der Waals surface area contributed by atoms with Crippen molar-refractivity contribution in [1.29, 1.82) is 0 Å². The van der Waals surface area contributed by atoms with Crippen LogP contribution < -0.4 is 25.4 Å². The Bertz CT molecular complexity index is 1510. The van der Waals surface area contributed by atoms with Gasteiger partial charge in [-0.15, -0.1) is 0 Å². The number of carbonyl (C=O) groups is 3. The minimum absolute atomic E-state index is 0.177. The Morgan fingerprint density at radius 3 is 2.43 bits per heavy atom. The summed E-state index contributed by atoms with van der Waals surface area (Å²) in [5, 5.41) is 8.91. The highest BCUT2D eigenvalue weighted by Gasteiger charge is 2.52. The molecule has 4 bridgehead atoms. The van der Waals surface area contributed by atoms with Crippen molar-refractivity contribution in [1.82, 2.24) is 25.8 Å². The molecule has 3 N–H and O–H groups in total. The van der Waals surface area contributed by atoms with E-state index in [1.54, 1.807) is 26.5 Å². The topological polar surface area (TPSA) is 122 Å². The number of aromatic nitrogens is 1. The molecule has 10 nitrogen and oxygen atoms in total. The average molecular weight is 600 g/mol. The van der Waals surface area contributed by atoms with Crippen LogP contribution in [0.15, 0.2) is 60.9 Å². The standard InChI is InChI=1S/C34H41N5O5/c1-22(2)14-28-32(41)36-12-13-39(20-23-8-6-5-7-9-23)21-24-15-27(30(44-4)29(16-24)43-3)25-17-26(19-35-18-25)31(40)38-34(10-11-34)33(42)37-28/h5-9,15-19,22,28H,10-14,20-21H2,1-4H3,(H,36,41)(H,37,42)(H,38,40)/t28-/m1/s1. The zero-order valence-electron chi connectivity index (χ0n) is 25.8. The lowest BCUT2D eigenvalue weighted by Gasteiger charge is -2.26. The summed E-state index contributed by atoms with van der Waals surface area (Å²) in [4.78, 5) is 46.9. The molecule has 3 aromatic rings. The number of carbonyl (C=O) groups excluding carboxylic acids is 3. The second-order valence-electron chi connectivity index (χ2n) is 12.0. The number of hydrogen-bond acceptors (Lipinski definition) is 7. The first kappa shape index (κ1) is 31.0. The van der Waals surface area contributed by atoms with Gasteiger partial charge in [0.1, 0.15) is 11.6 Å². The lowest BCUT2D eigenvalue weighted by Crippen LogP contribution is -2.55. The summed E-state index contributed by atoms with van der Waals surface area (Å²) in [5.74, 6) is 0.274. The fraction of sp³-hybridized carbons (Fsp3) is 0.412. The number of hydrogen-bond donors (Lipinski definition) is 3. The summed E-state index contributed by atoms with van der Waals surface area (Å²) in [6.45, 7) is 6.21. The van der Waals surface area contributed by atoms with Crippen molar-refractivity contribution >= 4 is 17.7 Å². The molecule has 1 spiro atoms. The van der Waals surface area contributed by atoms with Crippen LogP contribution in [0.4, 0.5) is 0 Å². The van der Waals surface area contributed by atoms with Gasteiger partial charge in [-0.05, 0) is 54.5 Å². The minimum Gasteiger partial charge on any atom is -0.493 e. The van der Waals surface area contributed by atoms with E-state index in [2.05, 4.69) is 38.0 Å². The van der Waals surface area contributed by atoms with Crippen LogP contribution in [0.1, 0.15) is 54.6 Å². The van der Waals surface area contributed by atoms with Gasteiger partial charge in [-0.3, -0.25) is 24.3 Å². The van der Waals surface area contributed by atoms with Crippen molar-refractivity contribution < 1.29 is 23.9 Å². The summed E-state index contributed by atoms with van der Waals surface area (Å²) < 4.78 is 11.5. The Hall–Kier alpha value is -4.44. The van der Waals surface area contributed by atoms with E-state index >= 15 is 0 Å². The Morgan fingerprint density at radius 2 is 1.75 bits per heavy atom. The lowest BCUT2D eigenvalue weighted by atomic mass is 10.00. The molecule has 44 heavy (non-hydrogen) atoms. The van der Waals surface area contributed by atoms with E-state index in [1.165, 1.54) is 6.20 Å². The summed E-state index contributed by atoms with van der Waals surface area (Å²) >= 11 is 0. The first-order valence-corrected chi connectivity index (χ1v) is 15.1. The molecule has 1 aliphatic heterocycles. The third kappa shape index (κ3) is 7.19. The number of pyridine rings is 1. The first-order chi connectivity index (χ1) is 21.2. The van der Waals surface area contributed by atoms with Gasteiger partial charge >= 0.3 is 0 Å². The molecule has 2 aromatic carbocycles. The molecular weight excluding hydrogens is 558 g/mol. The normalized spacial score (nSPS) is 18.9. The molecule has 3 amide bonds. The molecular formula is C34H41N5O5. The third-order valence-corrected chi connectivity index (χ3v) is 8.10. The molecule has 1 fully saturated rings. The lowest BCUT2D eigenvalue weighted by molar-refractivity contribution is -0.130. The fourth-order valence-corrected chi connectivity index (χ4v) is 5.64.